The number of hydrogen-bond acceptors (Lipinski definition) is 5. The quantitative estimate of drug-likeness (QED) is 0.741. The van der Waals surface area contributed by atoms with Crippen LogP contribution in [0.3, 0.4) is 0 Å². The fourth-order valence-electron chi connectivity index (χ4n) is 1.86. The van der Waals surface area contributed by atoms with Crippen LogP contribution in [-0.4, -0.2) is 15.0 Å². The first-order valence-electron chi connectivity index (χ1n) is 5.66. The predicted octanol–water partition coefficient (Wildman–Crippen LogP) is 2.05. The van der Waals surface area contributed by atoms with Gasteiger partial charge in [0.05, 0.1) is 12.2 Å². The average molecular weight is 240 g/mol. The minimum atomic E-state index is 0.332. The minimum Gasteiger partial charge on any atom is -0.441 e. The van der Waals surface area contributed by atoms with E-state index in [0.717, 1.165) is 22.4 Å². The lowest BCUT2D eigenvalue weighted by Gasteiger charge is -2.01. The molecule has 2 N–H and O–H groups in total. The second kappa shape index (κ2) is 4.19. The van der Waals surface area contributed by atoms with Gasteiger partial charge in [-0.2, -0.15) is 0 Å². The van der Waals surface area contributed by atoms with Crippen LogP contribution in [0, 0.1) is 6.92 Å². The van der Waals surface area contributed by atoms with Gasteiger partial charge in [-0.15, -0.1) is 0 Å². The molecular formula is C13H12N4O. The third-order valence-corrected chi connectivity index (χ3v) is 2.68. The van der Waals surface area contributed by atoms with Gasteiger partial charge in [0.2, 0.25) is 0 Å². The first-order valence-corrected chi connectivity index (χ1v) is 5.66. The Balaban J connectivity index is 2.12. The highest BCUT2D eigenvalue weighted by atomic mass is 16.3. The van der Waals surface area contributed by atoms with Gasteiger partial charge in [0.15, 0.2) is 11.5 Å². The first-order chi connectivity index (χ1) is 8.76. The maximum atomic E-state index is 5.54. The molecule has 0 radical (unpaired) electrons. The zero-order valence-electron chi connectivity index (χ0n) is 9.92. The van der Waals surface area contributed by atoms with Gasteiger partial charge in [-0.3, -0.25) is 0 Å². The molecule has 1 aromatic carbocycles. The van der Waals surface area contributed by atoms with Gasteiger partial charge in [-0.25, -0.2) is 15.0 Å². The van der Waals surface area contributed by atoms with E-state index < -0.39 is 0 Å². The van der Waals surface area contributed by atoms with Crippen molar-refractivity contribution in [2.24, 2.45) is 5.73 Å². The Morgan fingerprint density at radius 2 is 2.11 bits per heavy atom. The molecule has 0 aliphatic carbocycles. The van der Waals surface area contributed by atoms with Crippen LogP contribution < -0.4 is 5.73 Å². The van der Waals surface area contributed by atoms with Crippen molar-refractivity contribution in [1.82, 2.24) is 15.0 Å². The fraction of sp³-hybridized carbons (Fsp3) is 0.154. The summed E-state index contributed by atoms with van der Waals surface area (Å²) in [5.41, 5.74) is 8.97. The molecule has 5 nitrogen and oxygen atoms in total. The Labute approximate surface area is 104 Å². The molecule has 0 unspecified atom stereocenters. The van der Waals surface area contributed by atoms with E-state index in [9.17, 15) is 0 Å². The van der Waals surface area contributed by atoms with Crippen molar-refractivity contribution < 1.29 is 4.42 Å². The lowest BCUT2D eigenvalue weighted by atomic mass is 10.1. The standard InChI is InChI=1S/C13H12N4O/c1-8-16-11-6-9(2-3-12(11)18-8)10-4-5-15-13(7-14)17-10/h2-6H,7,14H2,1H3. The zero-order chi connectivity index (χ0) is 12.5. The third kappa shape index (κ3) is 1.84. The average Bonchev–Trinajstić information content (AvgIpc) is 2.77. The highest BCUT2D eigenvalue weighted by Gasteiger charge is 2.06. The van der Waals surface area contributed by atoms with Gasteiger partial charge in [0, 0.05) is 18.7 Å². The van der Waals surface area contributed by atoms with E-state index in [-0.39, 0.29) is 0 Å². The van der Waals surface area contributed by atoms with Crippen molar-refractivity contribution in [2.75, 3.05) is 0 Å². The maximum absolute atomic E-state index is 5.54. The van der Waals surface area contributed by atoms with Crippen LogP contribution in [-0.2, 0) is 6.54 Å². The molecule has 0 aliphatic heterocycles. The number of hydrogen-bond donors (Lipinski definition) is 1. The normalized spacial score (nSPS) is 11.0. The Morgan fingerprint density at radius 1 is 1.22 bits per heavy atom. The van der Waals surface area contributed by atoms with Gasteiger partial charge in [-0.1, -0.05) is 0 Å². The Hall–Kier alpha value is -2.27. The van der Waals surface area contributed by atoms with Crippen molar-refractivity contribution >= 4 is 11.1 Å². The number of nitrogens with two attached hydrogens (primary N) is 1. The van der Waals surface area contributed by atoms with Gasteiger partial charge in [0.1, 0.15) is 11.3 Å². The number of oxazole rings is 1. The molecule has 2 heterocycles. The Bertz CT molecular complexity index is 705. The molecule has 3 rings (SSSR count). The van der Waals surface area contributed by atoms with Crippen molar-refractivity contribution in [2.45, 2.75) is 13.5 Å². The molecule has 18 heavy (non-hydrogen) atoms. The van der Waals surface area contributed by atoms with Crippen molar-refractivity contribution in [3.05, 3.63) is 42.2 Å². The number of fused-ring (bicyclic) bond motifs is 1. The monoisotopic (exact) mass is 240 g/mol. The highest BCUT2D eigenvalue weighted by Crippen LogP contribution is 2.23. The first kappa shape index (κ1) is 10.9. The van der Waals surface area contributed by atoms with Crippen LogP contribution in [0.1, 0.15) is 11.7 Å². The molecule has 0 fully saturated rings. The molecule has 0 atom stereocenters. The Kier molecular flexibility index (Phi) is 2.53. The molecule has 0 amide bonds. The molecular weight excluding hydrogens is 228 g/mol. The van der Waals surface area contributed by atoms with Crippen molar-refractivity contribution in [3.63, 3.8) is 0 Å². The number of aryl methyl sites for hydroxylation is 1. The second-order valence-corrected chi connectivity index (χ2v) is 3.98. The maximum Gasteiger partial charge on any atom is 0.192 e. The van der Waals surface area contributed by atoms with Gasteiger partial charge < -0.3 is 10.2 Å². The molecule has 5 heteroatoms. The molecule has 90 valence electrons. The summed E-state index contributed by atoms with van der Waals surface area (Å²) >= 11 is 0. The molecule has 0 saturated carbocycles. The molecule has 0 spiro atoms. The lowest BCUT2D eigenvalue weighted by Crippen LogP contribution is -2.02. The summed E-state index contributed by atoms with van der Waals surface area (Å²) in [6.45, 7) is 2.16. The predicted molar refractivity (Wildman–Crippen MR) is 67.7 cm³/mol. The summed E-state index contributed by atoms with van der Waals surface area (Å²) < 4.78 is 5.44. The van der Waals surface area contributed by atoms with Crippen LogP contribution in [0.5, 0.6) is 0 Å². The third-order valence-electron chi connectivity index (χ3n) is 2.68. The van der Waals surface area contributed by atoms with Gasteiger partial charge in [0.25, 0.3) is 0 Å². The van der Waals surface area contributed by atoms with E-state index in [4.69, 9.17) is 10.2 Å². The molecule has 0 bridgehead atoms. The van der Waals surface area contributed by atoms with Crippen LogP contribution in [0.4, 0.5) is 0 Å². The van der Waals surface area contributed by atoms with Crippen molar-refractivity contribution in [1.29, 1.82) is 0 Å². The van der Waals surface area contributed by atoms with E-state index in [1.54, 1.807) is 6.20 Å². The second-order valence-electron chi connectivity index (χ2n) is 3.98. The molecule has 2 aromatic heterocycles. The summed E-state index contributed by atoms with van der Waals surface area (Å²) in [5.74, 6) is 1.29. The van der Waals surface area contributed by atoms with Crippen LogP contribution in [0.2, 0.25) is 0 Å². The van der Waals surface area contributed by atoms with Crippen molar-refractivity contribution in [3.8, 4) is 11.3 Å². The van der Waals surface area contributed by atoms with Crippen LogP contribution in [0.25, 0.3) is 22.4 Å². The van der Waals surface area contributed by atoms with E-state index in [0.29, 0.717) is 18.3 Å². The topological polar surface area (TPSA) is 77.8 Å². The SMILES string of the molecule is Cc1nc2cc(-c3ccnc(CN)n3)ccc2o1. The summed E-state index contributed by atoms with van der Waals surface area (Å²) in [6, 6.07) is 7.66. The van der Waals surface area contributed by atoms with E-state index in [1.807, 2.05) is 31.2 Å². The minimum absolute atomic E-state index is 0.332. The lowest BCUT2D eigenvalue weighted by molar-refractivity contribution is 0.561. The number of aromatic nitrogens is 3. The Morgan fingerprint density at radius 3 is 2.94 bits per heavy atom. The molecule has 3 aromatic rings. The van der Waals surface area contributed by atoms with E-state index >= 15 is 0 Å². The highest BCUT2D eigenvalue weighted by molar-refractivity contribution is 5.79. The van der Waals surface area contributed by atoms with E-state index in [2.05, 4.69) is 15.0 Å². The number of nitrogens with zero attached hydrogens (tertiary/aromatic N) is 3. The summed E-state index contributed by atoms with van der Waals surface area (Å²) in [5, 5.41) is 0. The fourth-order valence-corrected chi connectivity index (χ4v) is 1.86. The van der Waals surface area contributed by atoms with E-state index in [1.165, 1.54) is 0 Å². The summed E-state index contributed by atoms with van der Waals surface area (Å²) in [7, 11) is 0. The zero-order valence-corrected chi connectivity index (χ0v) is 9.92. The number of benzene rings is 1. The summed E-state index contributed by atoms with van der Waals surface area (Å²) in [4.78, 5) is 12.8. The van der Waals surface area contributed by atoms with Crippen LogP contribution in [0.15, 0.2) is 34.9 Å². The van der Waals surface area contributed by atoms with Gasteiger partial charge >= 0.3 is 0 Å². The molecule has 0 aliphatic rings. The largest absolute Gasteiger partial charge is 0.441 e. The van der Waals surface area contributed by atoms with Crippen LogP contribution >= 0.6 is 0 Å². The molecule has 0 saturated heterocycles. The smallest absolute Gasteiger partial charge is 0.192 e. The number of rotatable bonds is 2. The van der Waals surface area contributed by atoms with Gasteiger partial charge in [-0.05, 0) is 24.3 Å². The summed E-state index contributed by atoms with van der Waals surface area (Å²) in [6.07, 6.45) is 1.71.